The van der Waals surface area contributed by atoms with Gasteiger partial charge in [-0.2, -0.15) is 0 Å². The van der Waals surface area contributed by atoms with Crippen LogP contribution in [-0.4, -0.2) is 22.2 Å². The fourth-order valence-electron chi connectivity index (χ4n) is 1.93. The minimum atomic E-state index is -1.12. The molecule has 0 aliphatic heterocycles. The fraction of sp³-hybridized carbons (Fsp3) is 1.00. The zero-order valence-electron chi connectivity index (χ0n) is 11.8. The zero-order chi connectivity index (χ0) is 14.7. The van der Waals surface area contributed by atoms with Crippen LogP contribution in [0.2, 0.25) is 0 Å². The van der Waals surface area contributed by atoms with Crippen LogP contribution >= 0.6 is 0 Å². The molecule has 0 heterocycles. The quantitative estimate of drug-likeness (QED) is 0.309. The van der Waals surface area contributed by atoms with Gasteiger partial charge in [0, 0.05) is 24.7 Å². The third-order valence-corrected chi connectivity index (χ3v) is 3.35. The standard InChI is InChI=1S/C12H24N2O5/c1-3-4-5-6-7-8-9-12(2,13(15)16)10-11-19-14(17)18/h3-11H2,1-2H3. The van der Waals surface area contributed by atoms with Crippen molar-refractivity contribution in [2.45, 2.75) is 70.8 Å². The molecule has 0 aromatic rings. The summed E-state index contributed by atoms with van der Waals surface area (Å²) in [5, 5.41) is 20.2. The van der Waals surface area contributed by atoms with Gasteiger partial charge in [-0.1, -0.05) is 39.0 Å². The molecule has 7 heteroatoms. The van der Waals surface area contributed by atoms with Crippen LogP contribution in [0.1, 0.15) is 65.2 Å². The van der Waals surface area contributed by atoms with Crippen molar-refractivity contribution in [2.75, 3.05) is 6.61 Å². The second-order valence-corrected chi connectivity index (χ2v) is 5.08. The predicted molar refractivity (Wildman–Crippen MR) is 71.0 cm³/mol. The lowest BCUT2D eigenvalue weighted by molar-refractivity contribution is -0.759. The maximum Gasteiger partial charge on any atom is 0.294 e. The predicted octanol–water partition coefficient (Wildman–Crippen LogP) is 3.37. The molecule has 0 N–H and O–H groups in total. The summed E-state index contributed by atoms with van der Waals surface area (Å²) >= 11 is 0. The number of hydrogen-bond acceptors (Lipinski definition) is 5. The molecule has 0 radical (unpaired) electrons. The highest BCUT2D eigenvalue weighted by Crippen LogP contribution is 2.23. The number of hydrogen-bond donors (Lipinski definition) is 0. The number of nitro groups is 1. The van der Waals surface area contributed by atoms with Crippen molar-refractivity contribution in [1.82, 2.24) is 0 Å². The highest BCUT2D eigenvalue weighted by atomic mass is 16.9. The second kappa shape index (κ2) is 9.52. The average molecular weight is 276 g/mol. The van der Waals surface area contributed by atoms with Crippen LogP contribution in [0.25, 0.3) is 0 Å². The lowest BCUT2D eigenvalue weighted by atomic mass is 9.91. The Kier molecular flexibility index (Phi) is 8.82. The summed E-state index contributed by atoms with van der Waals surface area (Å²) in [6.45, 7) is 3.45. The van der Waals surface area contributed by atoms with Gasteiger partial charge in [0.15, 0.2) is 0 Å². The highest BCUT2D eigenvalue weighted by molar-refractivity contribution is 4.73. The van der Waals surface area contributed by atoms with Gasteiger partial charge in [0.1, 0.15) is 6.61 Å². The zero-order valence-corrected chi connectivity index (χ0v) is 11.8. The summed E-state index contributed by atoms with van der Waals surface area (Å²) < 4.78 is 0. The third-order valence-electron chi connectivity index (χ3n) is 3.35. The maximum atomic E-state index is 11.0. The largest absolute Gasteiger partial charge is 0.314 e. The van der Waals surface area contributed by atoms with Crippen LogP contribution in [0.4, 0.5) is 0 Å². The van der Waals surface area contributed by atoms with E-state index >= 15 is 0 Å². The molecule has 0 saturated heterocycles. The van der Waals surface area contributed by atoms with E-state index in [0.717, 1.165) is 25.7 Å². The Morgan fingerprint density at radius 3 is 2.11 bits per heavy atom. The van der Waals surface area contributed by atoms with E-state index in [1.54, 1.807) is 0 Å². The summed E-state index contributed by atoms with van der Waals surface area (Å²) in [7, 11) is 0. The molecule has 0 amide bonds. The molecule has 0 spiro atoms. The summed E-state index contributed by atoms with van der Waals surface area (Å²) in [6.07, 6.45) is 6.87. The van der Waals surface area contributed by atoms with Crippen molar-refractivity contribution < 1.29 is 14.8 Å². The third kappa shape index (κ3) is 8.34. The van der Waals surface area contributed by atoms with Crippen molar-refractivity contribution in [2.24, 2.45) is 0 Å². The Labute approximate surface area is 113 Å². The number of rotatable bonds is 12. The fourth-order valence-corrected chi connectivity index (χ4v) is 1.93. The Hall–Kier alpha value is -1.40. The lowest BCUT2D eigenvalue weighted by Gasteiger charge is -2.20. The Balaban J connectivity index is 3.95. The average Bonchev–Trinajstić information content (AvgIpc) is 2.33. The minimum Gasteiger partial charge on any atom is -0.314 e. The molecule has 0 aliphatic carbocycles. The molecule has 0 aliphatic rings. The molecule has 19 heavy (non-hydrogen) atoms. The second-order valence-electron chi connectivity index (χ2n) is 5.08. The molecule has 0 saturated carbocycles. The Bertz CT molecular complexity index is 285. The van der Waals surface area contributed by atoms with Crippen molar-refractivity contribution in [3.8, 4) is 0 Å². The van der Waals surface area contributed by atoms with E-state index in [9.17, 15) is 20.2 Å². The molecule has 0 aromatic heterocycles. The van der Waals surface area contributed by atoms with Crippen LogP contribution in [0, 0.1) is 20.2 Å². The van der Waals surface area contributed by atoms with E-state index in [2.05, 4.69) is 11.8 Å². The van der Waals surface area contributed by atoms with E-state index in [1.807, 2.05) is 0 Å². The lowest BCUT2D eigenvalue weighted by Crippen LogP contribution is -2.36. The molecule has 0 rings (SSSR count). The van der Waals surface area contributed by atoms with Gasteiger partial charge in [-0.05, 0) is 6.42 Å². The van der Waals surface area contributed by atoms with Crippen LogP contribution < -0.4 is 0 Å². The van der Waals surface area contributed by atoms with Gasteiger partial charge in [0.25, 0.3) is 5.09 Å². The van der Waals surface area contributed by atoms with Gasteiger partial charge >= 0.3 is 0 Å². The van der Waals surface area contributed by atoms with Gasteiger partial charge in [-0.25, -0.2) is 0 Å². The number of unbranched alkanes of at least 4 members (excludes halogenated alkanes) is 5. The first-order valence-electron chi connectivity index (χ1n) is 6.84. The van der Waals surface area contributed by atoms with E-state index in [-0.39, 0.29) is 18.0 Å². The van der Waals surface area contributed by atoms with E-state index in [0.29, 0.717) is 6.42 Å². The van der Waals surface area contributed by atoms with Crippen molar-refractivity contribution in [1.29, 1.82) is 0 Å². The summed E-state index contributed by atoms with van der Waals surface area (Å²) in [4.78, 5) is 24.9. The molecule has 0 bridgehead atoms. The van der Waals surface area contributed by atoms with Gasteiger partial charge < -0.3 is 4.84 Å². The molecule has 1 atom stereocenters. The van der Waals surface area contributed by atoms with Crippen LogP contribution in [0.15, 0.2) is 0 Å². The highest BCUT2D eigenvalue weighted by Gasteiger charge is 2.36. The van der Waals surface area contributed by atoms with Crippen molar-refractivity contribution in [3.05, 3.63) is 20.2 Å². The number of nitrogens with zero attached hydrogens (tertiary/aromatic N) is 2. The van der Waals surface area contributed by atoms with E-state index in [1.165, 1.54) is 19.8 Å². The van der Waals surface area contributed by atoms with Crippen molar-refractivity contribution in [3.63, 3.8) is 0 Å². The molecule has 112 valence electrons. The Morgan fingerprint density at radius 2 is 1.58 bits per heavy atom. The maximum absolute atomic E-state index is 11.0. The van der Waals surface area contributed by atoms with E-state index in [4.69, 9.17) is 0 Å². The topological polar surface area (TPSA) is 95.5 Å². The van der Waals surface area contributed by atoms with Crippen LogP contribution in [0.5, 0.6) is 0 Å². The minimum absolute atomic E-state index is 0.0654. The van der Waals surface area contributed by atoms with Gasteiger partial charge in [0.2, 0.25) is 5.54 Å². The molecule has 1 unspecified atom stereocenters. The molecular formula is C12H24N2O5. The van der Waals surface area contributed by atoms with Gasteiger partial charge in [0.05, 0.1) is 0 Å². The van der Waals surface area contributed by atoms with Gasteiger partial charge in [-0.3, -0.25) is 10.1 Å². The summed E-state index contributed by atoms with van der Waals surface area (Å²) in [5.74, 6) is 0. The van der Waals surface area contributed by atoms with E-state index < -0.39 is 10.6 Å². The first-order valence-corrected chi connectivity index (χ1v) is 6.84. The molecule has 0 aromatic carbocycles. The normalized spacial score (nSPS) is 13.8. The summed E-state index contributed by atoms with van der Waals surface area (Å²) in [6, 6.07) is 0. The first kappa shape index (κ1) is 17.6. The SMILES string of the molecule is CCCCCCCCC(C)(CCO[N+](=O)[O-])[N+](=O)[O-]. The van der Waals surface area contributed by atoms with Crippen LogP contribution in [0.3, 0.4) is 0 Å². The molecule has 0 fully saturated rings. The Morgan fingerprint density at radius 1 is 1.00 bits per heavy atom. The summed E-state index contributed by atoms with van der Waals surface area (Å²) in [5.41, 5.74) is -1.12. The first-order chi connectivity index (χ1) is 8.92. The smallest absolute Gasteiger partial charge is 0.294 e. The van der Waals surface area contributed by atoms with Crippen molar-refractivity contribution >= 4 is 0 Å². The van der Waals surface area contributed by atoms with Gasteiger partial charge in [-0.15, -0.1) is 10.1 Å². The van der Waals surface area contributed by atoms with Crippen LogP contribution in [-0.2, 0) is 4.84 Å². The molecular weight excluding hydrogens is 252 g/mol. The monoisotopic (exact) mass is 276 g/mol. The molecule has 7 nitrogen and oxygen atoms in total.